The van der Waals surface area contributed by atoms with Crippen molar-refractivity contribution in [1.29, 1.82) is 5.26 Å². The topological polar surface area (TPSA) is 83.6 Å². The molecule has 31 heavy (non-hydrogen) atoms. The van der Waals surface area contributed by atoms with Crippen molar-refractivity contribution in [2.45, 2.75) is 38.1 Å². The summed E-state index contributed by atoms with van der Waals surface area (Å²) in [6.07, 6.45) is 5.23. The molecule has 0 aliphatic heterocycles. The summed E-state index contributed by atoms with van der Waals surface area (Å²) in [5.41, 5.74) is 3.15. The van der Waals surface area contributed by atoms with Crippen LogP contribution in [-0.2, 0) is 0 Å². The van der Waals surface area contributed by atoms with Crippen LogP contribution in [0.2, 0.25) is 0 Å². The van der Waals surface area contributed by atoms with Crippen molar-refractivity contribution in [3.05, 3.63) is 65.5 Å². The molecule has 0 unspecified atom stereocenters. The van der Waals surface area contributed by atoms with E-state index in [2.05, 4.69) is 11.4 Å². The van der Waals surface area contributed by atoms with E-state index in [1.54, 1.807) is 0 Å². The number of hydrogen-bond acceptors (Lipinski definition) is 4. The molecule has 0 atom stereocenters. The second-order valence-corrected chi connectivity index (χ2v) is 7.84. The highest BCUT2D eigenvalue weighted by molar-refractivity contribution is 6.06. The molecule has 1 saturated carbocycles. The van der Waals surface area contributed by atoms with Gasteiger partial charge in [-0.05, 0) is 49.2 Å². The number of para-hydroxylation sites is 2. The van der Waals surface area contributed by atoms with Gasteiger partial charge in [-0.2, -0.15) is 5.26 Å². The van der Waals surface area contributed by atoms with Crippen molar-refractivity contribution in [3.8, 4) is 6.07 Å². The Morgan fingerprint density at radius 3 is 2.39 bits per heavy atom. The Labute approximate surface area is 178 Å². The minimum Gasteiger partial charge on any atom is -0.307 e. The fourth-order valence-corrected chi connectivity index (χ4v) is 4.37. The van der Waals surface area contributed by atoms with Crippen LogP contribution in [0.25, 0.3) is 22.2 Å². The van der Waals surface area contributed by atoms with E-state index in [1.807, 2.05) is 28.8 Å². The molecule has 2 aromatic heterocycles. The van der Waals surface area contributed by atoms with Crippen molar-refractivity contribution < 1.29 is 9.18 Å². The number of rotatable bonds is 3. The molecule has 5 rings (SSSR count). The van der Waals surface area contributed by atoms with Crippen molar-refractivity contribution in [1.82, 2.24) is 14.5 Å². The van der Waals surface area contributed by atoms with Crippen LogP contribution in [-0.4, -0.2) is 20.4 Å². The minimum atomic E-state index is -0.411. The average molecular weight is 413 g/mol. The molecule has 0 radical (unpaired) electrons. The molecule has 1 aliphatic rings. The maximum Gasteiger partial charge on any atom is 0.256 e. The van der Waals surface area contributed by atoms with Gasteiger partial charge in [-0.25, -0.2) is 14.4 Å². The monoisotopic (exact) mass is 413 g/mol. The van der Waals surface area contributed by atoms with E-state index in [1.165, 1.54) is 30.7 Å². The molecule has 154 valence electrons. The maximum atomic E-state index is 13.3. The zero-order valence-electron chi connectivity index (χ0n) is 16.8. The zero-order chi connectivity index (χ0) is 21.4. The van der Waals surface area contributed by atoms with Gasteiger partial charge in [0.15, 0.2) is 5.65 Å². The van der Waals surface area contributed by atoms with Crippen LogP contribution in [0, 0.1) is 17.1 Å². The second kappa shape index (κ2) is 7.80. The molecule has 1 aliphatic carbocycles. The van der Waals surface area contributed by atoms with Crippen molar-refractivity contribution in [2.24, 2.45) is 0 Å². The number of halogens is 1. The molecule has 6 nitrogen and oxygen atoms in total. The molecule has 2 aromatic carbocycles. The summed E-state index contributed by atoms with van der Waals surface area (Å²) in [6, 6.07) is 15.2. The molecule has 2 heterocycles. The molecule has 7 heteroatoms. The molecule has 4 aromatic rings. The van der Waals surface area contributed by atoms with Crippen LogP contribution in [0.5, 0.6) is 0 Å². The number of hydrogen-bond donors (Lipinski definition) is 1. The van der Waals surface area contributed by atoms with Gasteiger partial charge in [0.25, 0.3) is 5.91 Å². The molecular weight excluding hydrogens is 393 g/mol. The van der Waals surface area contributed by atoms with Crippen LogP contribution >= 0.6 is 0 Å². The highest BCUT2D eigenvalue weighted by atomic mass is 19.1. The highest BCUT2D eigenvalue weighted by Crippen LogP contribution is 2.38. The largest absolute Gasteiger partial charge is 0.307 e. The SMILES string of the molecule is N#Cc1c(NC(=O)c2ccc(F)cc2)n(C2CCCCC2)c2nc3ccccc3nc12. The average Bonchev–Trinajstić information content (AvgIpc) is 3.10. The van der Waals surface area contributed by atoms with Crippen LogP contribution in [0.1, 0.15) is 54.1 Å². The van der Waals surface area contributed by atoms with Gasteiger partial charge in [0.1, 0.15) is 28.8 Å². The predicted octanol–water partition coefficient (Wildman–Crippen LogP) is 5.35. The molecule has 1 N–H and O–H groups in total. The Morgan fingerprint density at radius 1 is 1.03 bits per heavy atom. The molecule has 0 saturated heterocycles. The van der Waals surface area contributed by atoms with Crippen LogP contribution in [0.15, 0.2) is 48.5 Å². The van der Waals surface area contributed by atoms with Crippen molar-refractivity contribution >= 4 is 33.9 Å². The molecule has 1 amide bonds. The van der Waals surface area contributed by atoms with E-state index in [-0.39, 0.29) is 6.04 Å². The standard InChI is InChI=1S/C24H20FN5O/c25-16-12-10-15(11-13-16)24(31)29-22-18(14-26)21-23(30(22)17-6-2-1-3-7-17)28-20-9-5-4-8-19(20)27-21/h4-5,8-13,17H,1-3,6-7H2,(H,29,31). The van der Waals surface area contributed by atoms with Gasteiger partial charge in [-0.3, -0.25) is 4.79 Å². The smallest absolute Gasteiger partial charge is 0.256 e. The summed E-state index contributed by atoms with van der Waals surface area (Å²) in [7, 11) is 0. The maximum absolute atomic E-state index is 13.3. The summed E-state index contributed by atoms with van der Waals surface area (Å²) < 4.78 is 15.3. The lowest BCUT2D eigenvalue weighted by Gasteiger charge is -2.26. The van der Waals surface area contributed by atoms with Gasteiger partial charge in [0.2, 0.25) is 0 Å². The number of nitrogens with zero attached hydrogens (tertiary/aromatic N) is 4. The summed E-state index contributed by atoms with van der Waals surface area (Å²) >= 11 is 0. The first-order chi connectivity index (χ1) is 15.2. The summed E-state index contributed by atoms with van der Waals surface area (Å²) in [5.74, 6) is -0.402. The van der Waals surface area contributed by atoms with E-state index in [9.17, 15) is 14.4 Å². The second-order valence-electron chi connectivity index (χ2n) is 7.84. The first-order valence-corrected chi connectivity index (χ1v) is 10.4. The summed E-state index contributed by atoms with van der Waals surface area (Å²) in [5, 5.41) is 12.9. The Balaban J connectivity index is 1.70. The molecular formula is C24H20FN5O. The number of nitrogens with one attached hydrogen (secondary N) is 1. The number of fused-ring (bicyclic) bond motifs is 2. The third-order valence-corrected chi connectivity index (χ3v) is 5.88. The van der Waals surface area contributed by atoms with Gasteiger partial charge in [0, 0.05) is 11.6 Å². The fraction of sp³-hybridized carbons (Fsp3) is 0.250. The summed E-state index contributed by atoms with van der Waals surface area (Å²) in [6.45, 7) is 0. The van der Waals surface area contributed by atoms with Crippen LogP contribution in [0.4, 0.5) is 10.2 Å². The van der Waals surface area contributed by atoms with Crippen LogP contribution in [0.3, 0.4) is 0 Å². The number of amides is 1. The zero-order valence-corrected chi connectivity index (χ0v) is 16.8. The van der Waals surface area contributed by atoms with Gasteiger partial charge in [-0.1, -0.05) is 31.4 Å². The van der Waals surface area contributed by atoms with E-state index < -0.39 is 11.7 Å². The first-order valence-electron chi connectivity index (χ1n) is 10.4. The number of benzene rings is 2. The lowest BCUT2D eigenvalue weighted by molar-refractivity contribution is 0.102. The first kappa shape index (κ1) is 19.2. The van der Waals surface area contributed by atoms with Gasteiger partial charge in [0.05, 0.1) is 11.0 Å². The molecule has 0 spiro atoms. The quantitative estimate of drug-likeness (QED) is 0.490. The fourth-order valence-electron chi connectivity index (χ4n) is 4.37. The summed E-state index contributed by atoms with van der Waals surface area (Å²) in [4.78, 5) is 22.5. The minimum absolute atomic E-state index is 0.123. The number of anilines is 1. The number of carbonyl (C=O) groups is 1. The van der Waals surface area contributed by atoms with Crippen molar-refractivity contribution in [3.63, 3.8) is 0 Å². The third-order valence-electron chi connectivity index (χ3n) is 5.88. The highest BCUT2D eigenvalue weighted by Gasteiger charge is 2.28. The Bertz CT molecular complexity index is 1330. The van der Waals surface area contributed by atoms with E-state index in [0.717, 1.165) is 31.2 Å². The van der Waals surface area contributed by atoms with Crippen molar-refractivity contribution in [2.75, 3.05) is 5.32 Å². The van der Waals surface area contributed by atoms with Gasteiger partial charge >= 0.3 is 0 Å². The predicted molar refractivity (Wildman–Crippen MR) is 116 cm³/mol. The van der Waals surface area contributed by atoms with E-state index >= 15 is 0 Å². The third kappa shape index (κ3) is 3.40. The van der Waals surface area contributed by atoms with E-state index in [4.69, 9.17) is 9.97 Å². The number of aromatic nitrogens is 3. The number of nitriles is 1. The van der Waals surface area contributed by atoms with E-state index in [0.29, 0.717) is 33.6 Å². The molecule has 0 bridgehead atoms. The number of carbonyl (C=O) groups excluding carboxylic acids is 1. The lowest BCUT2D eigenvalue weighted by atomic mass is 9.95. The van der Waals surface area contributed by atoms with Crippen LogP contribution < -0.4 is 5.32 Å². The van der Waals surface area contributed by atoms with Gasteiger partial charge < -0.3 is 9.88 Å². The Kier molecular flexibility index (Phi) is 4.83. The Hall–Kier alpha value is -3.79. The molecule has 1 fully saturated rings. The lowest BCUT2D eigenvalue weighted by Crippen LogP contribution is -2.20. The normalized spacial score (nSPS) is 14.6. The van der Waals surface area contributed by atoms with Gasteiger partial charge in [-0.15, -0.1) is 0 Å². The Morgan fingerprint density at radius 2 is 1.71 bits per heavy atom.